The second-order valence-corrected chi connectivity index (χ2v) is 4.91. The fourth-order valence-electron chi connectivity index (χ4n) is 2.45. The molecule has 1 aromatic heterocycles. The van der Waals surface area contributed by atoms with Crippen LogP contribution in [0.5, 0.6) is 0 Å². The van der Waals surface area contributed by atoms with E-state index in [4.69, 9.17) is 0 Å². The van der Waals surface area contributed by atoms with Crippen LogP contribution < -0.4 is 10.2 Å². The van der Waals surface area contributed by atoms with Gasteiger partial charge in [0.05, 0.1) is 5.69 Å². The molecule has 0 aliphatic rings. The Hall–Kier alpha value is -1.68. The first-order valence-electron chi connectivity index (χ1n) is 6.46. The predicted molar refractivity (Wildman–Crippen MR) is 78.4 cm³/mol. The lowest BCUT2D eigenvalue weighted by molar-refractivity contribution is 0.636. The Morgan fingerprint density at radius 3 is 2.68 bits per heavy atom. The van der Waals surface area contributed by atoms with E-state index in [9.17, 15) is 4.39 Å². The van der Waals surface area contributed by atoms with Crippen LogP contribution in [0.2, 0.25) is 0 Å². The number of nitrogens with zero attached hydrogens (tertiary/aromatic N) is 2. The van der Waals surface area contributed by atoms with Gasteiger partial charge in [0.25, 0.3) is 0 Å². The zero-order valence-electron chi connectivity index (χ0n) is 11.9. The maximum Gasteiger partial charge on any atom is 0.149 e. The van der Waals surface area contributed by atoms with Gasteiger partial charge in [0.2, 0.25) is 0 Å². The minimum absolute atomic E-state index is 0.260. The van der Waals surface area contributed by atoms with Gasteiger partial charge in [0.15, 0.2) is 0 Å². The average molecular weight is 261 g/mol. The van der Waals surface area contributed by atoms with Crippen molar-refractivity contribution in [3.8, 4) is 0 Å². The van der Waals surface area contributed by atoms with E-state index in [-0.39, 0.29) is 5.82 Å². The molecular weight excluding hydrogens is 241 g/mol. The van der Waals surface area contributed by atoms with Crippen LogP contribution in [0.1, 0.15) is 11.3 Å². The Bertz CT molecular complexity index is 593. The molecular formula is C15H20FN3. The van der Waals surface area contributed by atoms with E-state index in [0.717, 1.165) is 29.7 Å². The third-order valence-electron chi connectivity index (χ3n) is 3.32. The van der Waals surface area contributed by atoms with Gasteiger partial charge >= 0.3 is 0 Å². The van der Waals surface area contributed by atoms with E-state index in [2.05, 4.69) is 10.3 Å². The number of benzene rings is 1. The Kier molecular flexibility index (Phi) is 4.00. The highest BCUT2D eigenvalue weighted by Gasteiger charge is 2.15. The van der Waals surface area contributed by atoms with Crippen LogP contribution in [0.25, 0.3) is 10.9 Å². The molecule has 0 atom stereocenters. The summed E-state index contributed by atoms with van der Waals surface area (Å²) in [7, 11) is 5.91. The number of pyridine rings is 1. The van der Waals surface area contributed by atoms with E-state index in [1.807, 2.05) is 39.0 Å². The van der Waals surface area contributed by atoms with Crippen molar-refractivity contribution in [2.75, 3.05) is 32.6 Å². The maximum atomic E-state index is 13.9. The SMILES string of the molecule is CNCCc1c(C)nc2c(F)cccc2c1N(C)C. The van der Waals surface area contributed by atoms with Gasteiger partial charge in [0, 0.05) is 25.2 Å². The highest BCUT2D eigenvalue weighted by atomic mass is 19.1. The largest absolute Gasteiger partial charge is 0.377 e. The minimum Gasteiger partial charge on any atom is -0.377 e. The molecule has 0 spiro atoms. The lowest BCUT2D eigenvalue weighted by atomic mass is 10.0. The van der Waals surface area contributed by atoms with Gasteiger partial charge in [-0.15, -0.1) is 0 Å². The number of fused-ring (bicyclic) bond motifs is 1. The smallest absolute Gasteiger partial charge is 0.149 e. The molecule has 2 rings (SSSR count). The van der Waals surface area contributed by atoms with Gasteiger partial charge in [-0.3, -0.25) is 0 Å². The molecule has 0 saturated heterocycles. The summed E-state index contributed by atoms with van der Waals surface area (Å²) in [4.78, 5) is 6.48. The molecule has 0 saturated carbocycles. The Balaban J connectivity index is 2.74. The number of aryl methyl sites for hydroxylation is 1. The second-order valence-electron chi connectivity index (χ2n) is 4.91. The normalized spacial score (nSPS) is 11.0. The first-order chi connectivity index (χ1) is 9.06. The van der Waals surface area contributed by atoms with Crippen molar-refractivity contribution in [3.05, 3.63) is 35.3 Å². The summed E-state index contributed by atoms with van der Waals surface area (Å²) in [6.07, 6.45) is 0.884. The fourth-order valence-corrected chi connectivity index (χ4v) is 2.45. The van der Waals surface area contributed by atoms with Crippen LogP contribution in [0.3, 0.4) is 0 Å². The van der Waals surface area contributed by atoms with Crippen molar-refractivity contribution in [3.63, 3.8) is 0 Å². The third kappa shape index (κ3) is 2.54. The van der Waals surface area contributed by atoms with E-state index < -0.39 is 0 Å². The summed E-state index contributed by atoms with van der Waals surface area (Å²) in [6.45, 7) is 2.83. The molecule has 3 nitrogen and oxygen atoms in total. The van der Waals surface area contributed by atoms with Crippen molar-refractivity contribution in [2.45, 2.75) is 13.3 Å². The summed E-state index contributed by atoms with van der Waals surface area (Å²) < 4.78 is 13.9. The summed E-state index contributed by atoms with van der Waals surface area (Å²) in [6, 6.07) is 5.13. The molecule has 0 aliphatic heterocycles. The fraction of sp³-hybridized carbons (Fsp3) is 0.400. The molecule has 1 aromatic carbocycles. The summed E-state index contributed by atoms with van der Waals surface area (Å²) in [5, 5.41) is 4.03. The highest BCUT2D eigenvalue weighted by Crippen LogP contribution is 2.31. The van der Waals surface area contributed by atoms with Crippen molar-refractivity contribution < 1.29 is 4.39 Å². The number of hydrogen-bond acceptors (Lipinski definition) is 3. The number of hydrogen-bond donors (Lipinski definition) is 1. The minimum atomic E-state index is -0.260. The number of nitrogens with one attached hydrogen (secondary N) is 1. The van der Waals surface area contributed by atoms with Crippen molar-refractivity contribution >= 4 is 16.6 Å². The number of anilines is 1. The average Bonchev–Trinajstić information content (AvgIpc) is 2.36. The molecule has 0 amide bonds. The van der Waals surface area contributed by atoms with Crippen molar-refractivity contribution in [2.24, 2.45) is 0 Å². The second kappa shape index (κ2) is 5.53. The molecule has 0 bridgehead atoms. The lowest BCUT2D eigenvalue weighted by Gasteiger charge is -2.21. The first-order valence-corrected chi connectivity index (χ1v) is 6.46. The Labute approximate surface area is 113 Å². The van der Waals surface area contributed by atoms with Gasteiger partial charge in [-0.25, -0.2) is 9.37 Å². The predicted octanol–water partition coefficient (Wildman–Crippen LogP) is 2.51. The molecule has 2 aromatic rings. The van der Waals surface area contributed by atoms with Gasteiger partial charge in [-0.05, 0) is 38.6 Å². The molecule has 1 heterocycles. The Morgan fingerprint density at radius 2 is 2.05 bits per heavy atom. The first kappa shape index (κ1) is 13.7. The van der Waals surface area contributed by atoms with Gasteiger partial charge in [-0.1, -0.05) is 12.1 Å². The standard InChI is InChI=1S/C15H20FN3/c1-10-11(8-9-17-2)15(19(3)4)12-6-5-7-13(16)14(12)18-10/h5-7,17H,8-9H2,1-4H3. The van der Waals surface area contributed by atoms with E-state index >= 15 is 0 Å². The third-order valence-corrected chi connectivity index (χ3v) is 3.32. The van der Waals surface area contributed by atoms with Crippen molar-refractivity contribution in [1.29, 1.82) is 0 Å². The molecule has 102 valence electrons. The summed E-state index contributed by atoms with van der Waals surface area (Å²) in [5.41, 5.74) is 3.60. The zero-order valence-corrected chi connectivity index (χ0v) is 11.9. The number of likely N-dealkylation sites (N-methyl/N-ethyl adjacent to an activating group) is 1. The van der Waals surface area contributed by atoms with Gasteiger partial charge in [-0.2, -0.15) is 0 Å². The van der Waals surface area contributed by atoms with Gasteiger partial charge in [0.1, 0.15) is 11.3 Å². The van der Waals surface area contributed by atoms with E-state index in [0.29, 0.717) is 5.52 Å². The lowest BCUT2D eigenvalue weighted by Crippen LogP contribution is -2.18. The zero-order chi connectivity index (χ0) is 14.0. The van der Waals surface area contributed by atoms with Crippen LogP contribution in [0, 0.1) is 12.7 Å². The van der Waals surface area contributed by atoms with E-state index in [1.165, 1.54) is 11.6 Å². The molecule has 0 radical (unpaired) electrons. The van der Waals surface area contributed by atoms with Crippen LogP contribution in [-0.4, -0.2) is 32.7 Å². The highest BCUT2D eigenvalue weighted by molar-refractivity contribution is 5.94. The van der Waals surface area contributed by atoms with Crippen LogP contribution in [0.4, 0.5) is 10.1 Å². The summed E-state index contributed by atoms with van der Waals surface area (Å²) in [5.74, 6) is -0.260. The molecule has 0 aliphatic carbocycles. The molecule has 1 N–H and O–H groups in total. The number of halogens is 1. The van der Waals surface area contributed by atoms with E-state index in [1.54, 1.807) is 6.07 Å². The number of rotatable bonds is 4. The van der Waals surface area contributed by atoms with Crippen molar-refractivity contribution in [1.82, 2.24) is 10.3 Å². The van der Waals surface area contributed by atoms with Crippen LogP contribution >= 0.6 is 0 Å². The topological polar surface area (TPSA) is 28.2 Å². The summed E-state index contributed by atoms with van der Waals surface area (Å²) >= 11 is 0. The molecule has 19 heavy (non-hydrogen) atoms. The molecule has 4 heteroatoms. The van der Waals surface area contributed by atoms with Crippen LogP contribution in [-0.2, 0) is 6.42 Å². The van der Waals surface area contributed by atoms with Gasteiger partial charge < -0.3 is 10.2 Å². The number of para-hydroxylation sites is 1. The maximum absolute atomic E-state index is 13.9. The quantitative estimate of drug-likeness (QED) is 0.916. The number of aromatic nitrogens is 1. The molecule has 0 fully saturated rings. The molecule has 0 unspecified atom stereocenters. The monoisotopic (exact) mass is 261 g/mol. The van der Waals surface area contributed by atoms with Crippen LogP contribution in [0.15, 0.2) is 18.2 Å². The Morgan fingerprint density at radius 1 is 1.32 bits per heavy atom.